The van der Waals surface area contributed by atoms with Gasteiger partial charge in [0.2, 0.25) is 0 Å². The van der Waals surface area contributed by atoms with E-state index in [2.05, 4.69) is 15.9 Å². The van der Waals surface area contributed by atoms with Gasteiger partial charge >= 0.3 is 0 Å². The van der Waals surface area contributed by atoms with Crippen LogP contribution in [0.25, 0.3) is 0 Å². The first-order valence-electron chi connectivity index (χ1n) is 4.24. The molecule has 1 aromatic rings. The minimum atomic E-state index is 0.135. The third-order valence-corrected chi connectivity index (χ3v) is 3.21. The molecule has 3 heteroatoms. The number of hydrogen-bond donors (Lipinski definition) is 0. The normalized spacial score (nSPS) is 14.5. The number of benzene rings is 1. The Hall–Kier alpha value is -0.830. The predicted octanol–water partition coefficient (Wildman–Crippen LogP) is 2.21. The number of halogens is 1. The molecular weight excluding hydrogens is 230 g/mol. The topological polar surface area (TPSA) is 20.1 Å². The lowest BCUT2D eigenvalue weighted by molar-refractivity contribution is 0.0884. The molecule has 0 atom stereocenters. The van der Waals surface area contributed by atoms with Gasteiger partial charge in [-0.25, -0.2) is 0 Å². The van der Waals surface area contributed by atoms with Gasteiger partial charge in [0.15, 0.2) is 0 Å². The predicted molar refractivity (Wildman–Crippen MR) is 54.8 cm³/mol. The summed E-state index contributed by atoms with van der Waals surface area (Å²) >= 11 is 3.43. The Labute approximate surface area is 85.7 Å². The summed E-state index contributed by atoms with van der Waals surface area (Å²) in [6.07, 6.45) is 0. The van der Waals surface area contributed by atoms with Crippen LogP contribution in [0.3, 0.4) is 0 Å². The molecule has 0 bridgehead atoms. The zero-order valence-electron chi connectivity index (χ0n) is 7.38. The van der Waals surface area contributed by atoms with Crippen LogP contribution in [-0.2, 0) is 0 Å². The zero-order chi connectivity index (χ0) is 9.42. The first-order valence-corrected chi connectivity index (χ1v) is 5.04. The molecule has 2 nitrogen and oxygen atoms in total. The van der Waals surface area contributed by atoms with Crippen LogP contribution in [0.4, 0.5) is 0 Å². The molecule has 1 fully saturated rings. The lowest BCUT2D eigenvalue weighted by Crippen LogP contribution is -2.11. The maximum absolute atomic E-state index is 11.7. The Morgan fingerprint density at radius 2 is 2.15 bits per heavy atom. The molecule has 0 N–H and O–H groups in total. The van der Waals surface area contributed by atoms with E-state index in [0.717, 1.165) is 28.7 Å². The van der Waals surface area contributed by atoms with Gasteiger partial charge in [-0.3, -0.25) is 4.79 Å². The second-order valence-electron chi connectivity index (χ2n) is 3.23. The summed E-state index contributed by atoms with van der Waals surface area (Å²) in [4.78, 5) is 13.5. The maximum Gasteiger partial charge on any atom is 0.255 e. The molecule has 2 rings (SSSR count). The molecule has 13 heavy (non-hydrogen) atoms. The average Bonchev–Trinajstić information content (AvgIpc) is 2.91. The molecule has 68 valence electrons. The molecule has 1 aromatic carbocycles. The number of carbonyl (C=O) groups excluding carboxylic acids is 1. The largest absolute Gasteiger partial charge is 0.335 e. The lowest BCUT2D eigenvalue weighted by atomic mass is 10.1. The van der Waals surface area contributed by atoms with Crippen molar-refractivity contribution in [2.45, 2.75) is 6.92 Å². The molecule has 1 amide bonds. The average molecular weight is 240 g/mol. The number of rotatable bonds is 1. The minimum absolute atomic E-state index is 0.135. The van der Waals surface area contributed by atoms with E-state index in [1.54, 1.807) is 0 Å². The van der Waals surface area contributed by atoms with Gasteiger partial charge in [-0.15, -0.1) is 0 Å². The van der Waals surface area contributed by atoms with E-state index in [1.807, 2.05) is 30.0 Å². The molecule has 1 heterocycles. The van der Waals surface area contributed by atoms with Crippen LogP contribution in [0.15, 0.2) is 22.7 Å². The van der Waals surface area contributed by atoms with Crippen LogP contribution in [0.2, 0.25) is 0 Å². The van der Waals surface area contributed by atoms with Crippen LogP contribution in [-0.4, -0.2) is 23.9 Å². The summed E-state index contributed by atoms with van der Waals surface area (Å²) in [5.41, 5.74) is 1.88. The van der Waals surface area contributed by atoms with Crippen molar-refractivity contribution >= 4 is 21.8 Å². The molecule has 0 radical (unpaired) electrons. The fraction of sp³-hybridized carbons (Fsp3) is 0.300. The third-order valence-electron chi connectivity index (χ3n) is 2.16. The van der Waals surface area contributed by atoms with Crippen LogP contribution < -0.4 is 0 Å². The number of aryl methyl sites for hydroxylation is 1. The quantitative estimate of drug-likeness (QED) is 0.689. The fourth-order valence-electron chi connectivity index (χ4n) is 1.24. The van der Waals surface area contributed by atoms with Crippen molar-refractivity contribution in [1.29, 1.82) is 0 Å². The Bertz CT molecular complexity index is 358. The van der Waals surface area contributed by atoms with Gasteiger partial charge in [0, 0.05) is 17.6 Å². The van der Waals surface area contributed by atoms with Gasteiger partial charge < -0.3 is 4.90 Å². The molecule has 1 aliphatic rings. The first kappa shape index (κ1) is 8.75. The van der Waals surface area contributed by atoms with Crippen molar-refractivity contribution in [3.8, 4) is 0 Å². The monoisotopic (exact) mass is 239 g/mol. The molecule has 0 saturated carbocycles. The molecule has 0 aliphatic carbocycles. The van der Waals surface area contributed by atoms with Gasteiger partial charge in [0.1, 0.15) is 0 Å². The smallest absolute Gasteiger partial charge is 0.255 e. The molecule has 0 aromatic heterocycles. The van der Waals surface area contributed by atoms with Gasteiger partial charge in [-0.2, -0.15) is 0 Å². The highest BCUT2D eigenvalue weighted by Crippen LogP contribution is 2.24. The van der Waals surface area contributed by atoms with Gasteiger partial charge in [0.05, 0.1) is 5.56 Å². The summed E-state index contributed by atoms with van der Waals surface area (Å²) in [6.45, 7) is 3.79. The fourth-order valence-corrected chi connectivity index (χ4v) is 1.67. The van der Waals surface area contributed by atoms with Gasteiger partial charge in [0.25, 0.3) is 5.91 Å². The van der Waals surface area contributed by atoms with Gasteiger partial charge in [-0.1, -0.05) is 12.1 Å². The second-order valence-corrected chi connectivity index (χ2v) is 4.02. The second kappa shape index (κ2) is 3.14. The molecule has 0 spiro atoms. The number of hydrogen-bond acceptors (Lipinski definition) is 1. The van der Waals surface area contributed by atoms with Crippen molar-refractivity contribution in [2.24, 2.45) is 0 Å². The zero-order valence-corrected chi connectivity index (χ0v) is 8.97. The van der Waals surface area contributed by atoms with Gasteiger partial charge in [-0.05, 0) is 34.5 Å². The summed E-state index contributed by atoms with van der Waals surface area (Å²) in [5, 5.41) is 0. The SMILES string of the molecule is Cc1cccc(C(=O)N2CC2)c1Br. The highest BCUT2D eigenvalue weighted by Gasteiger charge is 2.26. The van der Waals surface area contributed by atoms with E-state index < -0.39 is 0 Å². The Kier molecular flexibility index (Phi) is 2.12. The first-order chi connectivity index (χ1) is 6.20. The molecule has 1 saturated heterocycles. The standard InChI is InChI=1S/C10H10BrNO/c1-7-3-2-4-8(9(7)11)10(13)12-5-6-12/h2-4H,5-6H2,1H3. The number of carbonyl (C=O) groups is 1. The van der Waals surface area contributed by atoms with E-state index in [-0.39, 0.29) is 5.91 Å². The van der Waals surface area contributed by atoms with Crippen LogP contribution in [0, 0.1) is 6.92 Å². The molecule has 0 unspecified atom stereocenters. The summed E-state index contributed by atoms with van der Waals surface area (Å²) in [7, 11) is 0. The van der Waals surface area contributed by atoms with E-state index in [4.69, 9.17) is 0 Å². The van der Waals surface area contributed by atoms with Crippen molar-refractivity contribution in [1.82, 2.24) is 4.90 Å². The minimum Gasteiger partial charge on any atom is -0.335 e. The highest BCUT2D eigenvalue weighted by atomic mass is 79.9. The van der Waals surface area contributed by atoms with Crippen LogP contribution in [0.1, 0.15) is 15.9 Å². The van der Waals surface area contributed by atoms with E-state index in [9.17, 15) is 4.79 Å². The summed E-state index contributed by atoms with van der Waals surface area (Å²) < 4.78 is 0.923. The Balaban J connectivity index is 2.38. The Morgan fingerprint density at radius 3 is 2.77 bits per heavy atom. The third kappa shape index (κ3) is 1.61. The van der Waals surface area contributed by atoms with Crippen molar-refractivity contribution in [2.75, 3.05) is 13.1 Å². The molecular formula is C10H10BrNO. The maximum atomic E-state index is 11.7. The van der Waals surface area contributed by atoms with Crippen LogP contribution in [0.5, 0.6) is 0 Å². The summed E-state index contributed by atoms with van der Waals surface area (Å²) in [6, 6.07) is 5.76. The van der Waals surface area contributed by atoms with Crippen LogP contribution >= 0.6 is 15.9 Å². The number of nitrogens with zero attached hydrogens (tertiary/aromatic N) is 1. The lowest BCUT2D eigenvalue weighted by Gasteiger charge is -2.05. The number of amides is 1. The van der Waals surface area contributed by atoms with Crippen molar-refractivity contribution in [3.63, 3.8) is 0 Å². The molecule has 1 aliphatic heterocycles. The van der Waals surface area contributed by atoms with E-state index in [0.29, 0.717) is 0 Å². The van der Waals surface area contributed by atoms with Crippen molar-refractivity contribution < 1.29 is 4.79 Å². The van der Waals surface area contributed by atoms with E-state index >= 15 is 0 Å². The van der Waals surface area contributed by atoms with Crippen molar-refractivity contribution in [3.05, 3.63) is 33.8 Å². The highest BCUT2D eigenvalue weighted by molar-refractivity contribution is 9.10. The van der Waals surface area contributed by atoms with E-state index in [1.165, 1.54) is 0 Å². The Morgan fingerprint density at radius 1 is 1.46 bits per heavy atom. The summed E-state index contributed by atoms with van der Waals surface area (Å²) in [5.74, 6) is 0.135.